The summed E-state index contributed by atoms with van der Waals surface area (Å²) in [7, 11) is -3.54. The van der Waals surface area contributed by atoms with Gasteiger partial charge in [0.15, 0.2) is 5.82 Å². The maximum absolute atomic E-state index is 12.0. The van der Waals surface area contributed by atoms with E-state index in [0.717, 1.165) is 11.8 Å². The largest absolute Gasteiger partial charge is 0.265 e. The van der Waals surface area contributed by atoms with E-state index >= 15 is 0 Å². The highest BCUT2D eigenvalue weighted by Crippen LogP contribution is 2.28. The lowest BCUT2D eigenvalue weighted by Crippen LogP contribution is -2.11. The minimum atomic E-state index is -3.54. The van der Waals surface area contributed by atoms with Crippen LogP contribution in [0.5, 0.6) is 0 Å². The summed E-state index contributed by atoms with van der Waals surface area (Å²) in [5.41, 5.74) is 1.37. The van der Waals surface area contributed by atoms with Crippen LogP contribution in [0.2, 0.25) is 0 Å². The summed E-state index contributed by atoms with van der Waals surface area (Å²) < 4.78 is 25.5. The monoisotopic (exact) mass is 304 g/mol. The molecule has 0 bridgehead atoms. The summed E-state index contributed by atoms with van der Waals surface area (Å²) >= 11 is 0. The van der Waals surface area contributed by atoms with Crippen molar-refractivity contribution in [2.45, 2.75) is 19.0 Å². The quantitative estimate of drug-likeness (QED) is 0.812. The summed E-state index contributed by atoms with van der Waals surface area (Å²) in [5.74, 6) is 0.770. The third-order valence-corrected chi connectivity index (χ3v) is 3.80. The van der Waals surface area contributed by atoms with Crippen LogP contribution in [-0.4, -0.2) is 35.9 Å². The molecule has 0 saturated carbocycles. The van der Waals surface area contributed by atoms with E-state index in [1.54, 1.807) is 24.4 Å². The van der Waals surface area contributed by atoms with Crippen LogP contribution in [-0.2, 0) is 9.84 Å². The molecule has 110 valence electrons. The molecule has 0 aliphatic carbocycles. The van der Waals surface area contributed by atoms with E-state index in [4.69, 9.17) is 0 Å². The SMILES string of the molecule is C=Nc1nc(S(C)(=O)=O)n(-c2ncccc2C)c1/C=C\C. The standard InChI is InChI=1S/C14H16N4O2S/c1-5-7-11-12(15-3)17-14(21(4,19)20)18(11)13-10(2)8-6-9-16-13/h5-9H,3H2,1-2,4H3/b7-5-. The molecular weight excluding hydrogens is 288 g/mol. The lowest BCUT2D eigenvalue weighted by molar-refractivity contribution is 0.589. The third kappa shape index (κ3) is 2.78. The predicted molar refractivity (Wildman–Crippen MR) is 83.1 cm³/mol. The van der Waals surface area contributed by atoms with Crippen molar-refractivity contribution in [3.05, 3.63) is 35.7 Å². The van der Waals surface area contributed by atoms with Crippen LogP contribution in [0.3, 0.4) is 0 Å². The number of aromatic nitrogens is 3. The zero-order chi connectivity index (χ0) is 15.6. The second kappa shape index (κ2) is 5.61. The lowest BCUT2D eigenvalue weighted by Gasteiger charge is -2.10. The highest BCUT2D eigenvalue weighted by Gasteiger charge is 2.24. The Morgan fingerprint density at radius 2 is 2.14 bits per heavy atom. The molecule has 7 heteroatoms. The van der Waals surface area contributed by atoms with Crippen molar-refractivity contribution in [2.75, 3.05) is 6.26 Å². The van der Waals surface area contributed by atoms with Gasteiger partial charge in [-0.15, -0.1) is 0 Å². The van der Waals surface area contributed by atoms with Crippen LogP contribution in [0.4, 0.5) is 5.82 Å². The van der Waals surface area contributed by atoms with Crippen LogP contribution >= 0.6 is 0 Å². The summed E-state index contributed by atoms with van der Waals surface area (Å²) in [6, 6.07) is 3.65. The maximum Gasteiger partial charge on any atom is 0.235 e. The number of pyridine rings is 1. The minimum absolute atomic E-state index is 0.0974. The first-order chi connectivity index (χ1) is 9.90. The fraction of sp³-hybridized carbons (Fsp3) is 0.214. The Kier molecular flexibility index (Phi) is 4.04. The van der Waals surface area contributed by atoms with Crippen molar-refractivity contribution >= 4 is 28.4 Å². The number of imidazole rings is 1. The summed E-state index contributed by atoms with van der Waals surface area (Å²) in [6.07, 6.45) is 6.23. The van der Waals surface area contributed by atoms with E-state index in [9.17, 15) is 8.42 Å². The number of allylic oxidation sites excluding steroid dienone is 1. The van der Waals surface area contributed by atoms with Crippen LogP contribution in [0.15, 0.2) is 34.6 Å². The highest BCUT2D eigenvalue weighted by molar-refractivity contribution is 7.90. The minimum Gasteiger partial charge on any atom is -0.265 e. The predicted octanol–water partition coefficient (Wildman–Crippen LogP) is 2.34. The number of nitrogens with zero attached hydrogens (tertiary/aromatic N) is 4. The van der Waals surface area contributed by atoms with Crippen molar-refractivity contribution in [2.24, 2.45) is 4.99 Å². The number of hydrogen-bond acceptors (Lipinski definition) is 5. The first kappa shape index (κ1) is 15.1. The number of rotatable bonds is 4. The Hall–Kier alpha value is -2.28. The second-order valence-corrected chi connectivity index (χ2v) is 6.42. The normalized spacial score (nSPS) is 12.0. The summed E-state index contributed by atoms with van der Waals surface area (Å²) in [4.78, 5) is 12.2. The van der Waals surface area contributed by atoms with Crippen LogP contribution in [0, 0.1) is 6.92 Å². The maximum atomic E-state index is 12.0. The third-order valence-electron chi connectivity index (χ3n) is 2.86. The van der Waals surface area contributed by atoms with Gasteiger partial charge in [-0.3, -0.25) is 4.57 Å². The molecule has 0 radical (unpaired) electrons. The molecule has 2 aromatic rings. The van der Waals surface area contributed by atoms with Gasteiger partial charge in [0, 0.05) is 12.5 Å². The Morgan fingerprint density at radius 3 is 2.67 bits per heavy atom. The Balaban J connectivity index is 2.94. The zero-order valence-electron chi connectivity index (χ0n) is 12.1. The average molecular weight is 304 g/mol. The molecule has 0 fully saturated rings. The van der Waals surface area contributed by atoms with Crippen molar-refractivity contribution in [1.82, 2.24) is 14.5 Å². The lowest BCUT2D eigenvalue weighted by atomic mass is 10.3. The fourth-order valence-corrected chi connectivity index (χ4v) is 2.76. The highest BCUT2D eigenvalue weighted by atomic mass is 32.2. The van der Waals surface area contributed by atoms with Crippen molar-refractivity contribution in [3.8, 4) is 5.82 Å². The molecule has 0 aliphatic rings. The van der Waals surface area contributed by atoms with Gasteiger partial charge in [-0.05, 0) is 38.3 Å². The van der Waals surface area contributed by atoms with Gasteiger partial charge in [0.2, 0.25) is 15.0 Å². The Labute approximate surface area is 123 Å². The molecule has 0 amide bonds. The molecule has 0 saturated heterocycles. The molecular formula is C14H16N4O2S. The van der Waals surface area contributed by atoms with Gasteiger partial charge in [-0.2, -0.15) is 4.98 Å². The molecule has 0 N–H and O–H groups in total. The van der Waals surface area contributed by atoms with E-state index in [1.807, 2.05) is 19.9 Å². The Bertz CT molecular complexity index is 819. The number of aliphatic imine (C=N–C) groups is 1. The van der Waals surface area contributed by atoms with E-state index in [2.05, 4.69) is 21.7 Å². The molecule has 0 aromatic carbocycles. The number of sulfone groups is 1. The van der Waals surface area contributed by atoms with Crippen molar-refractivity contribution < 1.29 is 8.42 Å². The summed E-state index contributed by atoms with van der Waals surface area (Å²) in [6.45, 7) is 7.14. The molecule has 0 unspecified atom stereocenters. The van der Waals surface area contributed by atoms with Crippen molar-refractivity contribution in [3.63, 3.8) is 0 Å². The first-order valence-electron chi connectivity index (χ1n) is 6.24. The van der Waals surface area contributed by atoms with Gasteiger partial charge >= 0.3 is 0 Å². The zero-order valence-corrected chi connectivity index (χ0v) is 12.9. The second-order valence-electron chi connectivity index (χ2n) is 4.51. The number of hydrogen-bond donors (Lipinski definition) is 0. The molecule has 6 nitrogen and oxygen atoms in total. The van der Waals surface area contributed by atoms with E-state index in [0.29, 0.717) is 11.5 Å². The smallest absolute Gasteiger partial charge is 0.235 e. The van der Waals surface area contributed by atoms with Gasteiger partial charge in [0.25, 0.3) is 0 Å². The summed E-state index contributed by atoms with van der Waals surface area (Å²) in [5, 5.41) is -0.0974. The van der Waals surface area contributed by atoms with Gasteiger partial charge in [0.05, 0.1) is 5.69 Å². The average Bonchev–Trinajstić information content (AvgIpc) is 2.78. The van der Waals surface area contributed by atoms with E-state index in [-0.39, 0.29) is 11.0 Å². The molecule has 2 rings (SSSR count). The molecule has 0 spiro atoms. The van der Waals surface area contributed by atoms with Gasteiger partial charge < -0.3 is 0 Å². The Morgan fingerprint density at radius 1 is 1.43 bits per heavy atom. The molecule has 21 heavy (non-hydrogen) atoms. The molecule has 2 aromatic heterocycles. The van der Waals surface area contributed by atoms with Gasteiger partial charge in [0.1, 0.15) is 5.82 Å². The molecule has 0 atom stereocenters. The van der Waals surface area contributed by atoms with Crippen LogP contribution in [0.1, 0.15) is 18.2 Å². The number of aryl methyl sites for hydroxylation is 1. The van der Waals surface area contributed by atoms with E-state index < -0.39 is 9.84 Å². The molecule has 0 aliphatic heterocycles. The van der Waals surface area contributed by atoms with Crippen LogP contribution < -0.4 is 0 Å². The van der Waals surface area contributed by atoms with E-state index in [1.165, 1.54) is 4.57 Å². The first-order valence-corrected chi connectivity index (χ1v) is 8.13. The van der Waals surface area contributed by atoms with Crippen molar-refractivity contribution in [1.29, 1.82) is 0 Å². The molecule has 2 heterocycles. The van der Waals surface area contributed by atoms with Gasteiger partial charge in [-0.25, -0.2) is 18.4 Å². The topological polar surface area (TPSA) is 77.2 Å². The van der Waals surface area contributed by atoms with Crippen LogP contribution in [0.25, 0.3) is 11.9 Å². The fourth-order valence-electron chi connectivity index (χ4n) is 1.99. The van der Waals surface area contributed by atoms with Gasteiger partial charge in [-0.1, -0.05) is 12.1 Å².